The molecule has 0 aliphatic heterocycles. The van der Waals surface area contributed by atoms with Crippen molar-refractivity contribution in [3.63, 3.8) is 0 Å². The smallest absolute Gasteiger partial charge is 0.309 e. The fourth-order valence-electron chi connectivity index (χ4n) is 4.30. The summed E-state index contributed by atoms with van der Waals surface area (Å²) in [5, 5.41) is 20.8. The summed E-state index contributed by atoms with van der Waals surface area (Å²) in [4.78, 5) is 0. The van der Waals surface area contributed by atoms with Gasteiger partial charge in [-0.15, -0.1) is 0 Å². The molecular weight excluding hydrogens is 435 g/mol. The first-order chi connectivity index (χ1) is 16.3. The molecule has 4 aromatic carbocycles. The van der Waals surface area contributed by atoms with Crippen LogP contribution in [0.2, 0.25) is 0 Å². The van der Waals surface area contributed by atoms with Crippen LogP contribution in [0.3, 0.4) is 0 Å². The van der Waals surface area contributed by atoms with Crippen molar-refractivity contribution in [3.8, 4) is 29.0 Å². The van der Waals surface area contributed by atoms with Crippen molar-refractivity contribution < 1.29 is 13.2 Å². The van der Waals surface area contributed by atoms with Gasteiger partial charge in [0.1, 0.15) is 0 Å². The average Bonchev–Trinajstić information content (AvgIpc) is 3.16. The zero-order valence-corrected chi connectivity index (χ0v) is 18.0. The van der Waals surface area contributed by atoms with Crippen LogP contribution in [-0.4, -0.2) is 4.57 Å². The Morgan fingerprint density at radius 2 is 1.21 bits per heavy atom. The molecule has 0 aliphatic carbocycles. The summed E-state index contributed by atoms with van der Waals surface area (Å²) in [7, 11) is 0. The number of aryl methyl sites for hydroxylation is 1. The van der Waals surface area contributed by atoms with Crippen LogP contribution in [0.5, 0.6) is 0 Å². The van der Waals surface area contributed by atoms with E-state index in [1.54, 1.807) is 12.1 Å². The molecule has 0 N–H and O–H groups in total. The molecule has 0 radical (unpaired) electrons. The molecule has 5 rings (SSSR count). The molecule has 5 aromatic rings. The number of aromatic nitrogens is 1. The maximum absolute atomic E-state index is 13.0. The molecule has 0 spiro atoms. The maximum Gasteiger partial charge on any atom is 0.416 e. The van der Waals surface area contributed by atoms with Crippen LogP contribution in [0, 0.1) is 29.6 Å². The maximum atomic E-state index is 13.0. The summed E-state index contributed by atoms with van der Waals surface area (Å²) in [5.41, 5.74) is 5.14. The largest absolute Gasteiger partial charge is 0.416 e. The Morgan fingerprint density at radius 3 is 1.71 bits per heavy atom. The van der Waals surface area contributed by atoms with Gasteiger partial charge in [-0.2, -0.15) is 23.7 Å². The lowest BCUT2D eigenvalue weighted by atomic mass is 10.0. The van der Waals surface area contributed by atoms with Gasteiger partial charge in [0.2, 0.25) is 0 Å². The predicted molar refractivity (Wildman–Crippen MR) is 125 cm³/mol. The minimum absolute atomic E-state index is 0.508. The molecule has 0 fully saturated rings. The first-order valence-corrected chi connectivity index (χ1v) is 10.5. The van der Waals surface area contributed by atoms with Gasteiger partial charge < -0.3 is 4.57 Å². The topological polar surface area (TPSA) is 52.5 Å². The summed E-state index contributed by atoms with van der Waals surface area (Å²) in [5.74, 6) is 0. The molecule has 0 saturated carbocycles. The molecule has 0 aliphatic rings. The van der Waals surface area contributed by atoms with Crippen LogP contribution in [0.1, 0.15) is 22.3 Å². The molecule has 1 aromatic heterocycles. The van der Waals surface area contributed by atoms with Crippen molar-refractivity contribution >= 4 is 21.8 Å². The average molecular weight is 451 g/mol. The predicted octanol–water partition coefficient (Wildman–Crippen LogP) is 7.52. The van der Waals surface area contributed by atoms with Gasteiger partial charge in [-0.05, 0) is 66.1 Å². The van der Waals surface area contributed by atoms with Gasteiger partial charge in [0.25, 0.3) is 0 Å². The van der Waals surface area contributed by atoms with E-state index in [4.69, 9.17) is 0 Å². The molecule has 6 heteroatoms. The van der Waals surface area contributed by atoms with Gasteiger partial charge in [-0.25, -0.2) is 0 Å². The van der Waals surface area contributed by atoms with Crippen molar-refractivity contribution in [2.45, 2.75) is 13.1 Å². The van der Waals surface area contributed by atoms with Gasteiger partial charge in [-0.3, -0.25) is 0 Å². The normalized spacial score (nSPS) is 11.5. The van der Waals surface area contributed by atoms with Crippen molar-refractivity contribution in [1.29, 1.82) is 10.5 Å². The number of halogens is 3. The third-order valence-electron chi connectivity index (χ3n) is 6.02. The lowest BCUT2D eigenvalue weighted by Crippen LogP contribution is -2.04. The number of hydrogen-bond acceptors (Lipinski definition) is 2. The van der Waals surface area contributed by atoms with Crippen LogP contribution >= 0.6 is 0 Å². The third kappa shape index (κ3) is 3.46. The lowest BCUT2D eigenvalue weighted by Gasteiger charge is -2.14. The summed E-state index contributed by atoms with van der Waals surface area (Å²) in [6, 6.07) is 26.1. The van der Waals surface area contributed by atoms with Gasteiger partial charge in [-0.1, -0.05) is 36.4 Å². The highest BCUT2D eigenvalue weighted by molar-refractivity contribution is 6.10. The van der Waals surface area contributed by atoms with Crippen molar-refractivity contribution in [2.75, 3.05) is 0 Å². The fraction of sp³-hybridized carbons (Fsp3) is 0.0714. The van der Waals surface area contributed by atoms with E-state index in [0.29, 0.717) is 16.7 Å². The van der Waals surface area contributed by atoms with Crippen LogP contribution in [-0.2, 0) is 6.18 Å². The van der Waals surface area contributed by atoms with Crippen LogP contribution in [0.15, 0.2) is 78.9 Å². The van der Waals surface area contributed by atoms with Crippen molar-refractivity contribution in [1.82, 2.24) is 4.57 Å². The molecule has 34 heavy (non-hydrogen) atoms. The second-order valence-corrected chi connectivity index (χ2v) is 8.10. The van der Waals surface area contributed by atoms with Crippen molar-refractivity contribution in [3.05, 3.63) is 101 Å². The van der Waals surface area contributed by atoms with Gasteiger partial charge >= 0.3 is 6.18 Å². The lowest BCUT2D eigenvalue weighted by molar-refractivity contribution is -0.137. The number of nitrogens with zero attached hydrogens (tertiary/aromatic N) is 3. The highest BCUT2D eigenvalue weighted by Gasteiger charge is 2.30. The highest BCUT2D eigenvalue weighted by Crippen LogP contribution is 2.36. The Hall–Kier alpha value is -4.55. The van der Waals surface area contributed by atoms with Crippen LogP contribution in [0.25, 0.3) is 38.6 Å². The zero-order chi connectivity index (χ0) is 24.0. The number of rotatable bonds is 2. The third-order valence-corrected chi connectivity index (χ3v) is 6.02. The van der Waals surface area contributed by atoms with Gasteiger partial charge in [0.15, 0.2) is 0 Å². The molecule has 0 saturated heterocycles. The van der Waals surface area contributed by atoms with E-state index in [0.717, 1.165) is 50.8 Å². The Balaban J connectivity index is 1.78. The molecule has 164 valence electrons. The second kappa shape index (κ2) is 7.79. The summed E-state index contributed by atoms with van der Waals surface area (Å²) >= 11 is 0. The Labute approximate surface area is 193 Å². The molecule has 3 nitrogen and oxygen atoms in total. The summed E-state index contributed by atoms with van der Waals surface area (Å²) < 4.78 is 41.0. The van der Waals surface area contributed by atoms with E-state index in [-0.39, 0.29) is 0 Å². The van der Waals surface area contributed by atoms with Crippen LogP contribution < -0.4 is 0 Å². The van der Waals surface area contributed by atoms with E-state index in [9.17, 15) is 23.7 Å². The van der Waals surface area contributed by atoms with E-state index in [1.807, 2.05) is 54.0 Å². The first kappa shape index (κ1) is 21.3. The summed E-state index contributed by atoms with van der Waals surface area (Å²) in [6.07, 6.45) is -4.39. The van der Waals surface area contributed by atoms with Crippen LogP contribution in [0.4, 0.5) is 13.2 Å². The SMILES string of the molecule is Cc1ccc(-c2ccc(C(F)(F)F)cc2)cc1-n1c2cc(C#N)ccc2c2ccc(C#N)cc21. The number of nitriles is 2. The standard InChI is InChI=1S/C28H16F3N3/c1-17-2-5-21(20-6-8-22(9-7-20)28(29,30)31)14-25(17)34-26-12-18(15-32)3-10-23(26)24-11-4-19(16-33)13-27(24)34/h2-14H,1H3. The number of benzene rings is 4. The van der Waals surface area contributed by atoms with E-state index >= 15 is 0 Å². The minimum atomic E-state index is -4.39. The number of hydrogen-bond donors (Lipinski definition) is 0. The van der Waals surface area contributed by atoms with Crippen molar-refractivity contribution in [2.24, 2.45) is 0 Å². The van der Waals surface area contributed by atoms with Gasteiger partial charge in [0, 0.05) is 16.5 Å². The molecule has 0 atom stereocenters. The Morgan fingerprint density at radius 1 is 0.676 bits per heavy atom. The molecule has 0 amide bonds. The number of fused-ring (bicyclic) bond motifs is 3. The second-order valence-electron chi connectivity index (χ2n) is 8.10. The Bertz CT molecular complexity index is 1590. The van der Waals surface area contributed by atoms with Gasteiger partial charge in [0.05, 0.1) is 39.9 Å². The fourth-order valence-corrected chi connectivity index (χ4v) is 4.30. The number of alkyl halides is 3. The highest BCUT2D eigenvalue weighted by atomic mass is 19.4. The van der Waals surface area contributed by atoms with E-state index in [1.165, 1.54) is 12.1 Å². The van der Waals surface area contributed by atoms with E-state index in [2.05, 4.69) is 12.1 Å². The zero-order valence-electron chi connectivity index (χ0n) is 18.0. The first-order valence-electron chi connectivity index (χ1n) is 10.5. The monoisotopic (exact) mass is 451 g/mol. The Kier molecular flexibility index (Phi) is 4.88. The molecule has 0 bridgehead atoms. The van der Waals surface area contributed by atoms with E-state index < -0.39 is 11.7 Å². The molecule has 1 heterocycles. The molecule has 0 unspecified atom stereocenters. The molecular formula is C28H16F3N3. The minimum Gasteiger partial charge on any atom is -0.309 e. The quantitative estimate of drug-likeness (QED) is 0.279. The summed E-state index contributed by atoms with van der Waals surface area (Å²) in [6.45, 7) is 1.95.